The van der Waals surface area contributed by atoms with E-state index in [1.165, 1.54) is 44.6 Å². The van der Waals surface area contributed by atoms with Crippen LogP contribution < -0.4 is 26.2 Å². The molecule has 2 saturated carbocycles. The summed E-state index contributed by atoms with van der Waals surface area (Å²) in [5.74, 6) is 3.79. The SMILES string of the molecule is CC(C)(C)OC(=O)N1CCC(O)CC1.Cc1noc(C)c1-c1cc2ccc(=O)n(Cc3ccccn3)c2cc1O.Cc1noc(C)c1-c1cc2ccc(=O)n(Cc3ccccn3)c2cc1OC1CCCCC1.Cc1noc(C)c1-c1cc2ccc(=O)n(Cc3ccccn3)c2cc1OC1CCCCC1.Cl. The fourth-order valence-electron chi connectivity index (χ4n) is 13.9. The number of aliphatic hydroxyl groups is 1. The zero-order valence-corrected chi connectivity index (χ0v) is 61.8. The minimum atomic E-state index is -0.437. The number of nitrogens with zero attached hydrogens (tertiary/aromatic N) is 10. The van der Waals surface area contributed by atoms with Gasteiger partial charge >= 0.3 is 6.09 Å². The normalized spacial score (nSPS) is 14.3. The first kappa shape index (κ1) is 75.4. The molecule has 9 aromatic heterocycles. The van der Waals surface area contributed by atoms with Crippen molar-refractivity contribution in [1.29, 1.82) is 0 Å². The molecule has 0 radical (unpaired) electrons. The third-order valence-corrected chi connectivity index (χ3v) is 19.1. The predicted octanol–water partition coefficient (Wildman–Crippen LogP) is 16.1. The number of likely N-dealkylation sites (tertiary alicyclic amines) is 1. The highest BCUT2D eigenvalue weighted by Crippen LogP contribution is 2.42. The van der Waals surface area contributed by atoms with Crippen LogP contribution in [0.3, 0.4) is 0 Å². The number of carbonyl (C=O) groups excluding carboxylic acids is 1. The number of pyridine rings is 6. The fraction of sp³-hybridized carbons (Fsp3) is 0.366. The molecular formula is C82H91ClN10O12. The van der Waals surface area contributed by atoms with E-state index in [4.69, 9.17) is 27.8 Å². The predicted molar refractivity (Wildman–Crippen MR) is 407 cm³/mol. The first-order valence-electron chi connectivity index (χ1n) is 35.8. The van der Waals surface area contributed by atoms with Gasteiger partial charge in [0.1, 0.15) is 40.1 Å². The van der Waals surface area contributed by atoms with Gasteiger partial charge in [-0.3, -0.25) is 29.3 Å². The number of ether oxygens (including phenoxy) is 3. The molecule has 0 unspecified atom stereocenters. The highest BCUT2D eigenvalue weighted by atomic mass is 35.5. The topological polar surface area (TPSA) is 271 Å². The van der Waals surface area contributed by atoms with E-state index in [0.29, 0.717) is 68.1 Å². The smallest absolute Gasteiger partial charge is 0.410 e. The molecule has 0 atom stereocenters. The third kappa shape index (κ3) is 18.3. The molecule has 548 valence electrons. The highest BCUT2D eigenvalue weighted by Gasteiger charge is 2.28. The van der Waals surface area contributed by atoms with E-state index < -0.39 is 5.60 Å². The van der Waals surface area contributed by atoms with Crippen LogP contribution in [-0.2, 0) is 24.4 Å². The lowest BCUT2D eigenvalue weighted by atomic mass is 9.97. The van der Waals surface area contributed by atoms with Crippen molar-refractivity contribution in [3.63, 3.8) is 0 Å². The summed E-state index contributed by atoms with van der Waals surface area (Å²) >= 11 is 0. The summed E-state index contributed by atoms with van der Waals surface area (Å²) in [6.45, 7) is 19.3. The Morgan fingerprint density at radius 2 is 0.829 bits per heavy atom. The number of amides is 1. The number of benzene rings is 3. The van der Waals surface area contributed by atoms with Crippen LogP contribution in [0.1, 0.15) is 149 Å². The van der Waals surface area contributed by atoms with Gasteiger partial charge in [-0.2, -0.15) is 0 Å². The van der Waals surface area contributed by atoms with Crippen LogP contribution in [-0.4, -0.2) is 102 Å². The average Bonchev–Trinajstić information content (AvgIpc) is 1.74. The molecule has 0 bridgehead atoms. The van der Waals surface area contributed by atoms with E-state index in [2.05, 4.69) is 42.6 Å². The fourth-order valence-corrected chi connectivity index (χ4v) is 13.9. The van der Waals surface area contributed by atoms with Crippen molar-refractivity contribution < 1.29 is 42.8 Å². The number of halogens is 1. The van der Waals surface area contributed by atoms with E-state index in [9.17, 15) is 29.4 Å². The first-order chi connectivity index (χ1) is 50.1. The van der Waals surface area contributed by atoms with Crippen molar-refractivity contribution in [3.05, 3.63) is 228 Å². The van der Waals surface area contributed by atoms with Gasteiger partial charge in [-0.15, -0.1) is 12.4 Å². The number of fused-ring (bicyclic) bond motifs is 3. The molecular weight excluding hydrogens is 1350 g/mol. The second-order valence-electron chi connectivity index (χ2n) is 28.0. The molecule has 12 aromatic rings. The Balaban J connectivity index is 0.000000144. The number of phenolic OH excluding ortho intramolecular Hbond substituents is 1. The molecule has 2 N–H and O–H groups in total. The van der Waals surface area contributed by atoms with E-state index in [-0.39, 0.29) is 59.2 Å². The third-order valence-electron chi connectivity index (χ3n) is 19.1. The van der Waals surface area contributed by atoms with Crippen molar-refractivity contribution in [2.75, 3.05) is 13.1 Å². The number of aromatic hydroxyl groups is 1. The molecule has 105 heavy (non-hydrogen) atoms. The summed E-state index contributed by atoms with van der Waals surface area (Å²) in [4.78, 5) is 64.4. The number of aliphatic hydroxyl groups excluding tert-OH is 1. The minimum absolute atomic E-state index is 0. The van der Waals surface area contributed by atoms with Gasteiger partial charge in [0, 0.05) is 84.8 Å². The zero-order chi connectivity index (χ0) is 73.2. The lowest BCUT2D eigenvalue weighted by molar-refractivity contribution is 0.0100. The number of rotatable bonds is 13. The Morgan fingerprint density at radius 1 is 0.476 bits per heavy atom. The molecule has 1 amide bonds. The van der Waals surface area contributed by atoms with Gasteiger partial charge in [0.05, 0.1) is 105 Å². The van der Waals surface area contributed by atoms with Gasteiger partial charge in [0.2, 0.25) is 0 Å². The second-order valence-corrected chi connectivity index (χ2v) is 28.0. The molecule has 10 heterocycles. The Labute approximate surface area is 615 Å². The zero-order valence-electron chi connectivity index (χ0n) is 61.0. The Morgan fingerprint density at radius 3 is 1.16 bits per heavy atom. The van der Waals surface area contributed by atoms with E-state index in [1.807, 2.05) is 140 Å². The molecule has 3 fully saturated rings. The quantitative estimate of drug-likeness (QED) is 0.109. The van der Waals surface area contributed by atoms with E-state index in [1.54, 1.807) is 68.4 Å². The number of phenols is 1. The molecule has 3 aromatic carbocycles. The summed E-state index contributed by atoms with van der Waals surface area (Å²) in [5, 5.41) is 34.9. The number of aromatic nitrogens is 9. The van der Waals surface area contributed by atoms with Gasteiger partial charge in [0.25, 0.3) is 16.7 Å². The number of hydrogen-bond donors (Lipinski definition) is 2. The molecule has 22 nitrogen and oxygen atoms in total. The van der Waals surface area contributed by atoms with Crippen molar-refractivity contribution in [3.8, 4) is 50.6 Å². The minimum Gasteiger partial charge on any atom is -0.507 e. The van der Waals surface area contributed by atoms with Gasteiger partial charge in [-0.25, -0.2) is 4.79 Å². The van der Waals surface area contributed by atoms with Crippen LogP contribution in [0.4, 0.5) is 4.79 Å². The molecule has 0 spiro atoms. The average molecular weight is 1440 g/mol. The monoisotopic (exact) mass is 1440 g/mol. The summed E-state index contributed by atoms with van der Waals surface area (Å²) in [6.07, 6.45) is 17.8. The maximum absolute atomic E-state index is 12.8. The number of piperidine rings is 1. The Hall–Kier alpha value is -10.7. The number of hydrogen-bond acceptors (Lipinski definition) is 18. The van der Waals surface area contributed by atoms with E-state index >= 15 is 0 Å². The van der Waals surface area contributed by atoms with E-state index in [0.717, 1.165) is 132 Å². The van der Waals surface area contributed by atoms with Gasteiger partial charge in [-0.1, -0.05) is 46.5 Å². The molecule has 2 aliphatic carbocycles. The van der Waals surface area contributed by atoms with Gasteiger partial charge in [0.15, 0.2) is 0 Å². The van der Waals surface area contributed by atoms with Gasteiger partial charge < -0.3 is 56.6 Å². The van der Waals surface area contributed by atoms with Crippen LogP contribution in [0.25, 0.3) is 66.1 Å². The molecule has 1 aliphatic heterocycles. The first-order valence-corrected chi connectivity index (χ1v) is 35.8. The summed E-state index contributed by atoms with van der Waals surface area (Å²) in [6, 6.07) is 39.0. The van der Waals surface area contributed by atoms with Crippen LogP contribution >= 0.6 is 12.4 Å². The summed E-state index contributed by atoms with van der Waals surface area (Å²) in [7, 11) is 0. The Bertz CT molecular complexity index is 4900. The highest BCUT2D eigenvalue weighted by molar-refractivity contribution is 5.92. The van der Waals surface area contributed by atoms with Crippen molar-refractivity contribution in [1.82, 2.24) is 49.0 Å². The number of aryl methyl sites for hydroxylation is 6. The summed E-state index contributed by atoms with van der Waals surface area (Å²) < 4.78 is 39.6. The second kappa shape index (κ2) is 33.8. The van der Waals surface area contributed by atoms with Crippen molar-refractivity contribution in [2.45, 2.75) is 183 Å². The maximum atomic E-state index is 12.8. The van der Waals surface area contributed by atoms with Crippen LogP contribution in [0, 0.1) is 41.5 Å². The molecule has 15 rings (SSSR count). The lowest BCUT2D eigenvalue weighted by Gasteiger charge is -2.31. The standard InChI is InChI=1S/2C26H27N3O3.C20H17N3O3.C10H19NO3.ClH/c2*1-17-26(18(2)32-28-17)22-14-19-11-12-25(30)29(16-20-8-6-7-13-27-20)23(19)15-24(22)31-21-9-4-3-5-10-21;1-12-20(13(2)26-22-12)16-9-14-6-7-19(25)23(17(14)10-18(16)24)11-15-5-3-4-8-21-15;1-10(2,3)14-9(13)11-6-4-8(12)5-7-11;/h2*6-8,11-15,21H,3-5,9-10,16H2,1-2H3;3-10,24H,11H2,1-2H3;8,12H,4-7H2,1-3H3;1H. The molecule has 23 heteroatoms. The summed E-state index contributed by atoms with van der Waals surface area (Å²) in [5.41, 5.74) is 11.7. The van der Waals surface area contributed by atoms with Crippen molar-refractivity contribution >= 4 is 51.2 Å². The maximum Gasteiger partial charge on any atom is 0.410 e. The van der Waals surface area contributed by atoms with Crippen molar-refractivity contribution in [2.24, 2.45) is 0 Å². The lowest BCUT2D eigenvalue weighted by Crippen LogP contribution is -2.42. The van der Waals surface area contributed by atoms with Crippen LogP contribution in [0.5, 0.6) is 17.2 Å². The van der Waals surface area contributed by atoms with Crippen LogP contribution in [0.2, 0.25) is 0 Å². The van der Waals surface area contributed by atoms with Gasteiger partial charge in [-0.05, 0) is 215 Å². The largest absolute Gasteiger partial charge is 0.507 e. The van der Waals surface area contributed by atoms with Crippen LogP contribution in [0.15, 0.2) is 174 Å². The molecule has 1 saturated heterocycles. The molecule has 3 aliphatic rings. The Kier molecular flexibility index (Phi) is 24.3. The number of carbonyl (C=O) groups is 1.